The maximum Gasteiger partial charge on any atom is 0.119 e. The lowest BCUT2D eigenvalue weighted by Gasteiger charge is -2.27. The molecule has 0 bridgehead atoms. The molecule has 0 aromatic heterocycles. The predicted molar refractivity (Wildman–Crippen MR) is 76.1 cm³/mol. The van der Waals surface area contributed by atoms with Crippen molar-refractivity contribution in [3.05, 3.63) is 29.8 Å². The first-order chi connectivity index (χ1) is 8.16. The molecule has 2 unspecified atom stereocenters. The second-order valence-electron chi connectivity index (χ2n) is 5.14. The van der Waals surface area contributed by atoms with Gasteiger partial charge in [-0.15, -0.1) is 0 Å². The molecular formula is C15H21BrO. The lowest BCUT2D eigenvalue weighted by Crippen LogP contribution is -2.17. The van der Waals surface area contributed by atoms with Crippen molar-refractivity contribution in [2.45, 2.75) is 56.4 Å². The molecule has 0 spiro atoms. The van der Waals surface area contributed by atoms with E-state index < -0.39 is 0 Å². The third-order valence-electron chi connectivity index (χ3n) is 3.36. The number of ether oxygens (including phenoxy) is 1. The number of rotatable bonds is 3. The third-order valence-corrected chi connectivity index (χ3v) is 4.46. The van der Waals surface area contributed by atoms with E-state index >= 15 is 0 Å². The molecule has 0 radical (unpaired) electrons. The molecule has 0 N–H and O–H groups in total. The Labute approximate surface area is 113 Å². The molecule has 0 aliphatic heterocycles. The Balaban J connectivity index is 2.06. The normalized spacial score (nSPS) is 24.9. The highest BCUT2D eigenvalue weighted by atomic mass is 79.9. The summed E-state index contributed by atoms with van der Waals surface area (Å²) in [4.78, 5) is 0.646. The lowest BCUT2D eigenvalue weighted by atomic mass is 9.84. The average molecular weight is 297 g/mol. The predicted octanol–water partition coefficient (Wildman–Crippen LogP) is 4.89. The number of hydrogen-bond donors (Lipinski definition) is 0. The van der Waals surface area contributed by atoms with Crippen LogP contribution < -0.4 is 4.74 Å². The van der Waals surface area contributed by atoms with Crippen molar-refractivity contribution in [2.24, 2.45) is 0 Å². The van der Waals surface area contributed by atoms with Gasteiger partial charge >= 0.3 is 0 Å². The van der Waals surface area contributed by atoms with E-state index in [0.29, 0.717) is 10.7 Å². The summed E-state index contributed by atoms with van der Waals surface area (Å²) in [5.74, 6) is 1.66. The van der Waals surface area contributed by atoms with E-state index in [2.05, 4.69) is 54.0 Å². The van der Waals surface area contributed by atoms with Crippen molar-refractivity contribution in [3.8, 4) is 5.75 Å². The van der Waals surface area contributed by atoms with Crippen LogP contribution in [0.4, 0.5) is 0 Å². The Hall–Kier alpha value is -0.500. The summed E-state index contributed by atoms with van der Waals surface area (Å²) in [5, 5.41) is 0. The van der Waals surface area contributed by atoms with Gasteiger partial charge in [0, 0.05) is 4.83 Å². The van der Waals surface area contributed by atoms with E-state index in [4.69, 9.17) is 4.74 Å². The molecule has 0 amide bonds. The van der Waals surface area contributed by atoms with Crippen LogP contribution in [-0.2, 0) is 0 Å². The van der Waals surface area contributed by atoms with Crippen LogP contribution >= 0.6 is 15.9 Å². The van der Waals surface area contributed by atoms with Gasteiger partial charge < -0.3 is 4.74 Å². The summed E-state index contributed by atoms with van der Waals surface area (Å²) >= 11 is 3.82. The van der Waals surface area contributed by atoms with Crippen molar-refractivity contribution < 1.29 is 4.74 Å². The quantitative estimate of drug-likeness (QED) is 0.721. The molecule has 2 rings (SSSR count). The monoisotopic (exact) mass is 296 g/mol. The standard InChI is InChI=1S/C15H21BrO/c1-11(2)17-13-9-7-12(8-10-13)14-5-3-4-6-15(14)16/h7-11,14-15H,3-6H2,1-2H3. The van der Waals surface area contributed by atoms with Gasteiger partial charge in [-0.2, -0.15) is 0 Å². The number of benzene rings is 1. The van der Waals surface area contributed by atoms with E-state index in [9.17, 15) is 0 Å². The van der Waals surface area contributed by atoms with Crippen LogP contribution in [0.5, 0.6) is 5.75 Å². The summed E-state index contributed by atoms with van der Waals surface area (Å²) in [5.41, 5.74) is 1.45. The van der Waals surface area contributed by atoms with Crippen LogP contribution in [-0.4, -0.2) is 10.9 Å². The fourth-order valence-corrected chi connectivity index (χ4v) is 3.42. The Morgan fingerprint density at radius 1 is 1.12 bits per heavy atom. The minimum absolute atomic E-state index is 0.249. The molecule has 0 saturated heterocycles. The van der Waals surface area contributed by atoms with Crippen LogP contribution in [0.2, 0.25) is 0 Å². The maximum atomic E-state index is 5.67. The van der Waals surface area contributed by atoms with Crippen LogP contribution in [0, 0.1) is 0 Å². The second-order valence-corrected chi connectivity index (χ2v) is 6.32. The molecule has 1 aliphatic rings. The smallest absolute Gasteiger partial charge is 0.119 e. The molecule has 17 heavy (non-hydrogen) atoms. The minimum Gasteiger partial charge on any atom is -0.491 e. The minimum atomic E-state index is 0.249. The zero-order valence-electron chi connectivity index (χ0n) is 10.7. The van der Waals surface area contributed by atoms with Gasteiger partial charge in [-0.25, -0.2) is 0 Å². The van der Waals surface area contributed by atoms with Gasteiger partial charge in [0.2, 0.25) is 0 Å². The van der Waals surface area contributed by atoms with Crippen LogP contribution in [0.3, 0.4) is 0 Å². The average Bonchev–Trinajstić information content (AvgIpc) is 2.30. The topological polar surface area (TPSA) is 9.23 Å². The molecule has 1 fully saturated rings. The number of alkyl halides is 1. The molecule has 2 heteroatoms. The van der Waals surface area contributed by atoms with Crippen molar-refractivity contribution in [2.75, 3.05) is 0 Å². The molecule has 1 aromatic rings. The Bertz CT molecular complexity index is 344. The molecule has 2 atom stereocenters. The molecule has 0 heterocycles. The van der Waals surface area contributed by atoms with Crippen LogP contribution in [0.25, 0.3) is 0 Å². The van der Waals surface area contributed by atoms with Gasteiger partial charge in [-0.3, -0.25) is 0 Å². The highest BCUT2D eigenvalue weighted by molar-refractivity contribution is 9.09. The fraction of sp³-hybridized carbons (Fsp3) is 0.600. The largest absolute Gasteiger partial charge is 0.491 e. The third kappa shape index (κ3) is 3.48. The van der Waals surface area contributed by atoms with Gasteiger partial charge in [0.25, 0.3) is 0 Å². The first-order valence-corrected chi connectivity index (χ1v) is 7.49. The van der Waals surface area contributed by atoms with Crippen LogP contribution in [0.15, 0.2) is 24.3 Å². The van der Waals surface area contributed by atoms with Crippen molar-refractivity contribution in [3.63, 3.8) is 0 Å². The summed E-state index contributed by atoms with van der Waals surface area (Å²) in [7, 11) is 0. The Kier molecular flexibility index (Phi) is 4.49. The van der Waals surface area contributed by atoms with Gasteiger partial charge in [-0.05, 0) is 50.3 Å². The van der Waals surface area contributed by atoms with E-state index in [1.54, 1.807) is 0 Å². The van der Waals surface area contributed by atoms with Gasteiger partial charge in [0.05, 0.1) is 6.10 Å². The summed E-state index contributed by atoms with van der Waals surface area (Å²) in [6, 6.07) is 8.65. The summed E-state index contributed by atoms with van der Waals surface area (Å²) in [6.07, 6.45) is 5.58. The first-order valence-electron chi connectivity index (χ1n) is 6.57. The Morgan fingerprint density at radius 3 is 2.35 bits per heavy atom. The van der Waals surface area contributed by atoms with Gasteiger partial charge in [-0.1, -0.05) is 40.9 Å². The fourth-order valence-electron chi connectivity index (χ4n) is 2.53. The molecule has 1 saturated carbocycles. The van der Waals surface area contributed by atoms with Crippen LogP contribution in [0.1, 0.15) is 51.0 Å². The van der Waals surface area contributed by atoms with Gasteiger partial charge in [0.15, 0.2) is 0 Å². The Morgan fingerprint density at radius 2 is 1.76 bits per heavy atom. The zero-order chi connectivity index (χ0) is 12.3. The summed E-state index contributed by atoms with van der Waals surface area (Å²) < 4.78 is 5.67. The number of halogens is 1. The zero-order valence-corrected chi connectivity index (χ0v) is 12.2. The van der Waals surface area contributed by atoms with Crippen molar-refractivity contribution in [1.29, 1.82) is 0 Å². The highest BCUT2D eigenvalue weighted by Crippen LogP contribution is 2.37. The van der Waals surface area contributed by atoms with Crippen molar-refractivity contribution in [1.82, 2.24) is 0 Å². The molecular weight excluding hydrogens is 276 g/mol. The maximum absolute atomic E-state index is 5.67. The molecule has 1 aromatic carbocycles. The number of hydrogen-bond acceptors (Lipinski definition) is 1. The van der Waals surface area contributed by atoms with Crippen molar-refractivity contribution >= 4 is 15.9 Å². The SMILES string of the molecule is CC(C)Oc1ccc(C2CCCCC2Br)cc1. The van der Waals surface area contributed by atoms with Gasteiger partial charge in [0.1, 0.15) is 5.75 Å². The molecule has 94 valence electrons. The lowest BCUT2D eigenvalue weighted by molar-refractivity contribution is 0.242. The summed E-state index contributed by atoms with van der Waals surface area (Å²) in [6.45, 7) is 4.12. The first kappa shape index (κ1) is 12.9. The van der Waals surface area contributed by atoms with E-state index in [1.165, 1.54) is 31.2 Å². The highest BCUT2D eigenvalue weighted by Gasteiger charge is 2.23. The molecule has 1 nitrogen and oxygen atoms in total. The molecule has 1 aliphatic carbocycles. The van der Waals surface area contributed by atoms with E-state index in [0.717, 1.165) is 5.75 Å². The van der Waals surface area contributed by atoms with E-state index in [1.807, 2.05) is 0 Å². The second kappa shape index (κ2) is 5.90. The van der Waals surface area contributed by atoms with E-state index in [-0.39, 0.29) is 6.10 Å².